The van der Waals surface area contributed by atoms with E-state index in [2.05, 4.69) is 5.32 Å². The molecular weight excluding hydrogens is 506 g/mol. The van der Waals surface area contributed by atoms with Gasteiger partial charge >= 0.3 is 0 Å². The maximum atomic E-state index is 12.6. The average Bonchev–Trinajstić information content (AvgIpc) is 2.89. The third kappa shape index (κ3) is 7.17. The van der Waals surface area contributed by atoms with E-state index in [0.29, 0.717) is 12.8 Å². The van der Waals surface area contributed by atoms with Gasteiger partial charge in [-0.1, -0.05) is 6.92 Å². The minimum atomic E-state index is -1.52. The lowest BCUT2D eigenvalue weighted by Gasteiger charge is -2.48. The zero-order valence-corrected chi connectivity index (χ0v) is 21.6. The van der Waals surface area contributed by atoms with Crippen molar-refractivity contribution in [3.8, 4) is 0 Å². The molecule has 0 aromatic rings. The van der Waals surface area contributed by atoms with Crippen molar-refractivity contribution in [1.82, 2.24) is 5.32 Å². The second-order valence-corrected chi connectivity index (χ2v) is 10.5. The van der Waals surface area contributed by atoms with Gasteiger partial charge in [0, 0.05) is 6.54 Å². The molecule has 0 aromatic heterocycles. The lowest BCUT2D eigenvalue weighted by molar-refractivity contribution is -0.316. The monoisotopic (exact) mass is 551 g/mol. The summed E-state index contributed by atoms with van der Waals surface area (Å²) < 4.78 is 23.5. The summed E-state index contributed by atoms with van der Waals surface area (Å²) in [6.07, 6.45) is -9.80. The maximum Gasteiger partial charge on any atom is 0.249 e. The third-order valence-electron chi connectivity index (χ3n) is 7.61. The molecule has 0 aromatic carbocycles. The first-order chi connectivity index (χ1) is 18.0. The van der Waals surface area contributed by atoms with E-state index in [1.54, 1.807) is 0 Å². The molecule has 222 valence electrons. The lowest BCUT2D eigenvalue weighted by Crippen LogP contribution is -2.67. The van der Waals surface area contributed by atoms with Gasteiger partial charge < -0.3 is 72.7 Å². The van der Waals surface area contributed by atoms with Crippen molar-refractivity contribution in [1.29, 1.82) is 0 Å². The van der Waals surface area contributed by atoms with Crippen LogP contribution in [0.5, 0.6) is 0 Å². The molecule has 3 aliphatic rings. The van der Waals surface area contributed by atoms with Crippen LogP contribution in [0.2, 0.25) is 0 Å². The third-order valence-corrected chi connectivity index (χ3v) is 7.61. The normalized spacial score (nSPS) is 44.9. The van der Waals surface area contributed by atoms with Crippen LogP contribution in [-0.4, -0.2) is 131 Å². The highest BCUT2D eigenvalue weighted by Gasteiger charge is 2.50. The maximum absolute atomic E-state index is 12.6. The van der Waals surface area contributed by atoms with E-state index in [0.717, 1.165) is 0 Å². The molecule has 0 spiro atoms. The first kappa shape index (κ1) is 31.5. The van der Waals surface area contributed by atoms with Crippen LogP contribution in [0.15, 0.2) is 0 Å². The summed E-state index contributed by atoms with van der Waals surface area (Å²) in [4.78, 5) is 12.6. The molecule has 2 aliphatic heterocycles. The number of nitrogens with two attached hydrogens (primary N) is 4. The summed E-state index contributed by atoms with van der Waals surface area (Å²) in [5, 5.41) is 54.6. The number of carbonyl (C=O) groups is 1. The Morgan fingerprint density at radius 3 is 2.34 bits per heavy atom. The van der Waals surface area contributed by atoms with Crippen LogP contribution in [0.4, 0.5) is 0 Å². The molecule has 38 heavy (non-hydrogen) atoms. The van der Waals surface area contributed by atoms with Gasteiger partial charge in [-0.3, -0.25) is 4.79 Å². The van der Waals surface area contributed by atoms with Gasteiger partial charge in [-0.2, -0.15) is 0 Å². The second kappa shape index (κ2) is 14.0. The molecule has 14 N–H and O–H groups in total. The Morgan fingerprint density at radius 2 is 1.71 bits per heavy atom. The van der Waals surface area contributed by atoms with Gasteiger partial charge in [-0.25, -0.2) is 0 Å². The van der Waals surface area contributed by atoms with Crippen molar-refractivity contribution in [3.05, 3.63) is 0 Å². The Hall–Kier alpha value is -1.05. The van der Waals surface area contributed by atoms with Crippen LogP contribution in [-0.2, 0) is 23.7 Å². The fraction of sp³-hybridized carbons (Fsp3) is 0.957. The zero-order valence-electron chi connectivity index (χ0n) is 21.6. The highest BCUT2D eigenvalue weighted by atomic mass is 16.7. The highest BCUT2D eigenvalue weighted by Crippen LogP contribution is 2.34. The molecule has 3 fully saturated rings. The zero-order chi connectivity index (χ0) is 28.1. The van der Waals surface area contributed by atoms with Crippen molar-refractivity contribution in [2.75, 3.05) is 19.7 Å². The minimum absolute atomic E-state index is 0.0303. The van der Waals surface area contributed by atoms with Crippen molar-refractivity contribution in [3.63, 3.8) is 0 Å². The number of nitrogens with one attached hydrogen (secondary N) is 1. The Labute approximate surface area is 221 Å². The van der Waals surface area contributed by atoms with Gasteiger partial charge in [0.25, 0.3) is 0 Å². The standard InChI is InChI=1S/C23H45N5O10/c1-9-6-12(28-21(34)13(30)4-5-24)20(38-23-17(32)15(27)16(31)14(8-29)36-23)18(33)19(9)37-22-11(26)3-2-10(7-25)35-22/h9-20,22-23,29-33H,2-8,24-27H2,1H3,(H,28,34)/t9?,10?,11?,12?,13-,14?,15?,16?,17?,18?,19?,20?,22?,23?/m0/s1. The fourth-order valence-corrected chi connectivity index (χ4v) is 5.25. The van der Waals surface area contributed by atoms with Crippen LogP contribution in [0, 0.1) is 5.92 Å². The van der Waals surface area contributed by atoms with Crippen LogP contribution in [0.1, 0.15) is 32.6 Å². The smallest absolute Gasteiger partial charge is 0.249 e. The van der Waals surface area contributed by atoms with E-state index >= 15 is 0 Å². The highest BCUT2D eigenvalue weighted by molar-refractivity contribution is 5.80. The second-order valence-electron chi connectivity index (χ2n) is 10.5. The first-order valence-corrected chi connectivity index (χ1v) is 13.2. The van der Waals surface area contributed by atoms with Crippen LogP contribution in [0.3, 0.4) is 0 Å². The number of rotatable bonds is 10. The van der Waals surface area contributed by atoms with Gasteiger partial charge in [0.05, 0.1) is 36.9 Å². The number of hydrogen-bond donors (Lipinski definition) is 10. The van der Waals surface area contributed by atoms with E-state index in [-0.39, 0.29) is 38.0 Å². The van der Waals surface area contributed by atoms with Gasteiger partial charge in [0.2, 0.25) is 5.91 Å². The molecular formula is C23H45N5O10. The number of amides is 1. The molecule has 2 saturated heterocycles. The van der Waals surface area contributed by atoms with Gasteiger partial charge in [0.15, 0.2) is 12.6 Å². The molecule has 0 bridgehead atoms. The fourth-order valence-electron chi connectivity index (χ4n) is 5.25. The summed E-state index contributed by atoms with van der Waals surface area (Å²) in [5.41, 5.74) is 23.3. The first-order valence-electron chi connectivity index (χ1n) is 13.2. The molecule has 2 heterocycles. The van der Waals surface area contributed by atoms with E-state index in [9.17, 15) is 30.3 Å². The molecule has 1 aliphatic carbocycles. The SMILES string of the molecule is CC1CC(NC(=O)[C@@H](O)CCN)C(OC2OC(CO)C(O)C(N)C2O)C(O)C1OC1OC(CN)CCC1N. The lowest BCUT2D eigenvalue weighted by atomic mass is 9.79. The van der Waals surface area contributed by atoms with Crippen LogP contribution in [0.25, 0.3) is 0 Å². The Balaban J connectivity index is 1.82. The molecule has 1 amide bonds. The van der Waals surface area contributed by atoms with Crippen LogP contribution < -0.4 is 28.3 Å². The van der Waals surface area contributed by atoms with Gasteiger partial charge in [-0.05, 0) is 38.1 Å². The van der Waals surface area contributed by atoms with Crippen molar-refractivity contribution in [2.45, 2.75) is 112 Å². The summed E-state index contributed by atoms with van der Waals surface area (Å²) >= 11 is 0. The number of aliphatic hydroxyl groups excluding tert-OH is 5. The van der Waals surface area contributed by atoms with Gasteiger partial charge in [0.1, 0.15) is 36.6 Å². The molecule has 13 unspecified atom stereocenters. The molecule has 15 heteroatoms. The molecule has 14 atom stereocenters. The average molecular weight is 552 g/mol. The van der Waals surface area contributed by atoms with Crippen molar-refractivity contribution in [2.24, 2.45) is 28.9 Å². The minimum Gasteiger partial charge on any atom is -0.394 e. The topological polar surface area (TPSA) is 271 Å². The summed E-state index contributed by atoms with van der Waals surface area (Å²) in [6.45, 7) is 1.59. The summed E-state index contributed by atoms with van der Waals surface area (Å²) in [5.74, 6) is -1.04. The number of carbonyl (C=O) groups excluding carboxylic acids is 1. The molecule has 1 saturated carbocycles. The molecule has 3 rings (SSSR count). The van der Waals surface area contributed by atoms with Crippen molar-refractivity contribution >= 4 is 5.91 Å². The quantitative estimate of drug-likeness (QED) is 0.122. The van der Waals surface area contributed by atoms with E-state index in [1.165, 1.54) is 0 Å². The molecule has 0 radical (unpaired) electrons. The Bertz CT molecular complexity index is 753. The van der Waals surface area contributed by atoms with Crippen LogP contribution >= 0.6 is 0 Å². The summed E-state index contributed by atoms with van der Waals surface area (Å²) in [7, 11) is 0. The predicted molar refractivity (Wildman–Crippen MR) is 132 cm³/mol. The Morgan fingerprint density at radius 1 is 1.03 bits per heavy atom. The van der Waals surface area contributed by atoms with E-state index < -0.39 is 85.9 Å². The number of aliphatic hydroxyl groups is 5. The van der Waals surface area contributed by atoms with Gasteiger partial charge in [-0.15, -0.1) is 0 Å². The number of ether oxygens (including phenoxy) is 4. The molecule has 15 nitrogen and oxygen atoms in total. The van der Waals surface area contributed by atoms with E-state index in [4.69, 9.17) is 41.9 Å². The Kier molecular flexibility index (Phi) is 11.6. The van der Waals surface area contributed by atoms with E-state index in [1.807, 2.05) is 6.92 Å². The largest absolute Gasteiger partial charge is 0.394 e. The predicted octanol–water partition coefficient (Wildman–Crippen LogP) is -5.09. The van der Waals surface area contributed by atoms with Crippen molar-refractivity contribution < 1.29 is 49.3 Å². The number of hydrogen-bond acceptors (Lipinski definition) is 14. The summed E-state index contributed by atoms with van der Waals surface area (Å²) in [6, 6.07) is -2.50.